The SMILES string of the molecule is CN1CCC(n2ncc3c2-c2ccccc2OC32CCN(C(=O)CC3CCCC3)CC2)CC1.O=C(O)C(F)(F)F. The molecular formula is C29H37F3N4O4. The van der Waals surface area contributed by atoms with Crippen LogP contribution in [0.5, 0.6) is 5.75 Å². The number of carboxylic acid groups (broad SMARTS) is 1. The van der Waals surface area contributed by atoms with Crippen molar-refractivity contribution in [1.29, 1.82) is 0 Å². The Morgan fingerprint density at radius 1 is 1.05 bits per heavy atom. The maximum atomic E-state index is 13.0. The first-order chi connectivity index (χ1) is 19.1. The molecule has 0 radical (unpaired) electrons. The summed E-state index contributed by atoms with van der Waals surface area (Å²) < 4.78 is 40.8. The average molecular weight is 563 g/mol. The summed E-state index contributed by atoms with van der Waals surface area (Å²) >= 11 is 0. The lowest BCUT2D eigenvalue weighted by atomic mass is 9.80. The number of aromatic nitrogens is 2. The monoisotopic (exact) mass is 562 g/mol. The van der Waals surface area contributed by atoms with Crippen LogP contribution in [0, 0.1) is 5.92 Å². The number of hydrogen-bond acceptors (Lipinski definition) is 5. The molecule has 11 heteroatoms. The molecule has 2 aromatic rings. The van der Waals surface area contributed by atoms with Crippen LogP contribution in [0.25, 0.3) is 11.3 Å². The lowest BCUT2D eigenvalue weighted by molar-refractivity contribution is -0.192. The van der Waals surface area contributed by atoms with Gasteiger partial charge in [0, 0.05) is 43.5 Å². The Hall–Kier alpha value is -3.08. The topological polar surface area (TPSA) is 87.9 Å². The molecule has 1 N–H and O–H groups in total. The third kappa shape index (κ3) is 5.84. The van der Waals surface area contributed by atoms with Gasteiger partial charge >= 0.3 is 12.1 Å². The van der Waals surface area contributed by atoms with Crippen molar-refractivity contribution < 1.29 is 32.6 Å². The summed E-state index contributed by atoms with van der Waals surface area (Å²) in [6.07, 6.45) is 6.68. The van der Waals surface area contributed by atoms with E-state index in [1.54, 1.807) is 0 Å². The normalized spacial score (nSPS) is 21.2. The molecule has 0 unspecified atom stereocenters. The Kier molecular flexibility index (Phi) is 8.13. The molecule has 6 rings (SSSR count). The molecule has 1 spiro atoms. The molecule has 3 aliphatic heterocycles. The summed E-state index contributed by atoms with van der Waals surface area (Å²) in [5.74, 6) is -0.848. The van der Waals surface area contributed by atoms with Crippen LogP contribution in [0.3, 0.4) is 0 Å². The van der Waals surface area contributed by atoms with Crippen LogP contribution in [0.2, 0.25) is 0 Å². The number of alkyl halides is 3. The van der Waals surface area contributed by atoms with Gasteiger partial charge in [-0.2, -0.15) is 18.3 Å². The van der Waals surface area contributed by atoms with Gasteiger partial charge in [-0.05, 0) is 63.9 Å². The van der Waals surface area contributed by atoms with Gasteiger partial charge in [-0.3, -0.25) is 9.48 Å². The fourth-order valence-corrected chi connectivity index (χ4v) is 6.58. The number of carbonyl (C=O) groups excluding carboxylic acids is 1. The third-order valence-electron chi connectivity index (χ3n) is 8.87. The Bertz CT molecular complexity index is 1210. The number of piperidine rings is 2. The van der Waals surface area contributed by atoms with Crippen molar-refractivity contribution in [3.8, 4) is 17.0 Å². The number of nitrogens with zero attached hydrogens (tertiary/aromatic N) is 4. The van der Waals surface area contributed by atoms with Gasteiger partial charge < -0.3 is 19.6 Å². The number of halogens is 3. The van der Waals surface area contributed by atoms with Crippen molar-refractivity contribution in [3.05, 3.63) is 36.0 Å². The Balaban J connectivity index is 0.000000411. The van der Waals surface area contributed by atoms with Gasteiger partial charge in [-0.25, -0.2) is 4.79 Å². The predicted octanol–water partition coefficient (Wildman–Crippen LogP) is 5.24. The van der Waals surface area contributed by atoms with Crippen LogP contribution in [-0.2, 0) is 15.2 Å². The van der Waals surface area contributed by atoms with Gasteiger partial charge in [0.15, 0.2) is 0 Å². The van der Waals surface area contributed by atoms with Crippen LogP contribution in [0.4, 0.5) is 13.2 Å². The van der Waals surface area contributed by atoms with Crippen molar-refractivity contribution >= 4 is 11.9 Å². The van der Waals surface area contributed by atoms with Crippen LogP contribution >= 0.6 is 0 Å². The minimum absolute atomic E-state index is 0.343. The number of amides is 1. The summed E-state index contributed by atoms with van der Waals surface area (Å²) in [4.78, 5) is 26.4. The van der Waals surface area contributed by atoms with Gasteiger partial charge in [0.05, 0.1) is 17.9 Å². The number of ether oxygens (including phenoxy) is 1. The number of hydrogen-bond donors (Lipinski definition) is 1. The van der Waals surface area contributed by atoms with Gasteiger partial charge in [0.2, 0.25) is 5.91 Å². The predicted molar refractivity (Wildman–Crippen MR) is 142 cm³/mol. The van der Waals surface area contributed by atoms with Crippen molar-refractivity contribution in [2.24, 2.45) is 5.92 Å². The summed E-state index contributed by atoms with van der Waals surface area (Å²) in [6, 6.07) is 8.87. The summed E-state index contributed by atoms with van der Waals surface area (Å²) in [6.45, 7) is 3.76. The van der Waals surface area contributed by atoms with Crippen molar-refractivity contribution in [1.82, 2.24) is 19.6 Å². The molecule has 0 atom stereocenters. The Morgan fingerprint density at radius 3 is 2.30 bits per heavy atom. The molecule has 1 saturated carbocycles. The standard InChI is InChI=1S/C27H36N4O2.C2HF3O2/c1-29-14-10-21(11-15-29)31-26-22-8-4-5-9-24(22)33-27(23(26)19-28-31)12-16-30(17-13-27)25(32)18-20-6-2-3-7-20;3-2(4,5)1(6)7/h4-5,8-9,19-21H,2-3,6-7,10-18H2,1H3;(H,6,7). The number of carboxylic acids is 1. The van der Waals surface area contributed by atoms with Crippen molar-refractivity contribution in [3.63, 3.8) is 0 Å². The molecule has 1 amide bonds. The van der Waals surface area contributed by atoms with E-state index in [2.05, 4.69) is 52.0 Å². The molecule has 1 aliphatic carbocycles. The van der Waals surface area contributed by atoms with Crippen LogP contribution in [0.15, 0.2) is 30.5 Å². The number of likely N-dealkylation sites (tertiary alicyclic amines) is 2. The summed E-state index contributed by atoms with van der Waals surface area (Å²) in [7, 11) is 2.20. The number of para-hydroxylation sites is 1. The highest BCUT2D eigenvalue weighted by Gasteiger charge is 2.46. The van der Waals surface area contributed by atoms with E-state index in [0.717, 1.165) is 69.6 Å². The zero-order valence-corrected chi connectivity index (χ0v) is 22.8. The van der Waals surface area contributed by atoms with E-state index in [-0.39, 0.29) is 5.60 Å². The van der Waals surface area contributed by atoms with E-state index in [0.29, 0.717) is 17.9 Å². The van der Waals surface area contributed by atoms with Crippen LogP contribution < -0.4 is 4.74 Å². The van der Waals surface area contributed by atoms with Gasteiger partial charge in [0.1, 0.15) is 11.4 Å². The van der Waals surface area contributed by atoms with Gasteiger partial charge in [-0.1, -0.05) is 25.0 Å². The van der Waals surface area contributed by atoms with Gasteiger partial charge in [0.25, 0.3) is 0 Å². The molecule has 218 valence electrons. The number of rotatable bonds is 3. The second-order valence-electron chi connectivity index (χ2n) is 11.5. The quantitative estimate of drug-likeness (QED) is 0.551. The fourth-order valence-electron chi connectivity index (χ4n) is 6.58. The number of aliphatic carboxylic acids is 1. The number of fused-ring (bicyclic) bond motifs is 4. The molecule has 3 fully saturated rings. The maximum Gasteiger partial charge on any atom is 0.490 e. The number of carbonyl (C=O) groups is 2. The van der Waals surface area contributed by atoms with Crippen molar-refractivity contribution in [2.75, 3.05) is 33.2 Å². The van der Waals surface area contributed by atoms with E-state index in [1.807, 2.05) is 0 Å². The number of benzene rings is 1. The fraction of sp³-hybridized carbons (Fsp3) is 0.621. The second-order valence-corrected chi connectivity index (χ2v) is 11.5. The molecule has 2 saturated heterocycles. The molecule has 40 heavy (non-hydrogen) atoms. The summed E-state index contributed by atoms with van der Waals surface area (Å²) in [5.41, 5.74) is 3.26. The molecule has 8 nitrogen and oxygen atoms in total. The highest BCUT2D eigenvalue weighted by Crippen LogP contribution is 2.50. The van der Waals surface area contributed by atoms with Crippen molar-refractivity contribution in [2.45, 2.75) is 75.6 Å². The Morgan fingerprint density at radius 2 is 1.68 bits per heavy atom. The minimum atomic E-state index is -5.08. The largest absolute Gasteiger partial charge is 0.490 e. The summed E-state index contributed by atoms with van der Waals surface area (Å²) in [5, 5.41) is 12.1. The second kappa shape index (κ2) is 11.4. The van der Waals surface area contributed by atoms with Gasteiger partial charge in [-0.15, -0.1) is 0 Å². The first-order valence-corrected chi connectivity index (χ1v) is 14.2. The lowest BCUT2D eigenvalue weighted by Crippen LogP contribution is -2.49. The molecule has 4 aliphatic rings. The molecule has 1 aromatic carbocycles. The highest BCUT2D eigenvalue weighted by molar-refractivity contribution is 5.77. The molecule has 0 bridgehead atoms. The van der Waals surface area contributed by atoms with E-state index >= 15 is 0 Å². The Labute approximate surface area is 232 Å². The minimum Gasteiger partial charge on any atom is -0.482 e. The van der Waals surface area contributed by atoms with E-state index in [1.165, 1.54) is 36.9 Å². The molecular weight excluding hydrogens is 525 g/mol. The smallest absolute Gasteiger partial charge is 0.482 e. The average Bonchev–Trinajstić information content (AvgIpc) is 3.61. The van der Waals surface area contributed by atoms with E-state index in [9.17, 15) is 18.0 Å². The van der Waals surface area contributed by atoms with Crippen LogP contribution in [-0.4, -0.2) is 76.0 Å². The van der Waals surface area contributed by atoms with E-state index < -0.39 is 12.1 Å². The zero-order valence-electron chi connectivity index (χ0n) is 22.8. The lowest BCUT2D eigenvalue weighted by Gasteiger charge is -2.45. The highest BCUT2D eigenvalue weighted by atomic mass is 19.4. The van der Waals surface area contributed by atoms with Crippen LogP contribution in [0.1, 0.15) is 69.4 Å². The third-order valence-corrected chi connectivity index (χ3v) is 8.87. The molecule has 1 aromatic heterocycles. The first-order valence-electron chi connectivity index (χ1n) is 14.2. The zero-order chi connectivity index (χ0) is 28.5. The maximum absolute atomic E-state index is 13.0. The molecule has 4 heterocycles. The first kappa shape index (κ1) is 28.4. The van der Waals surface area contributed by atoms with E-state index in [4.69, 9.17) is 19.7 Å².